The van der Waals surface area contributed by atoms with E-state index in [4.69, 9.17) is 18.9 Å². The van der Waals surface area contributed by atoms with Crippen LogP contribution in [0.15, 0.2) is 48.6 Å². The van der Waals surface area contributed by atoms with Crippen molar-refractivity contribution in [2.45, 2.75) is 257 Å². The first-order valence-corrected chi connectivity index (χ1v) is 27.8. The molecular weight excluding hydrogens is 839 g/mol. The highest BCUT2D eigenvalue weighted by Gasteiger charge is 2.22. The molecule has 390 valence electrons. The number of carbonyl (C=O) groups is 3. The van der Waals surface area contributed by atoms with Gasteiger partial charge in [-0.15, -0.1) is 0 Å². The van der Waals surface area contributed by atoms with Gasteiger partial charge >= 0.3 is 11.9 Å². The molecule has 9 heteroatoms. The maximum absolute atomic E-state index is 12.8. The van der Waals surface area contributed by atoms with Gasteiger partial charge in [0.1, 0.15) is 13.2 Å². The maximum Gasteiger partial charge on any atom is 0.306 e. The Morgan fingerprint density at radius 2 is 0.806 bits per heavy atom. The standard InChI is InChI=1S/C58H105NO8/c1-6-8-10-12-14-16-18-20-22-23-24-25-26-27-28-29-30-31-32-33-35-37-39-41-43-45-47-49-56(61)67-54(53-66-58(57(62)63)64-51-50-59(3,4)5)52-65-55(60)48-46-44-42-40-38-36-34-21-19-17-15-13-11-9-7-2/h15,17-18,20-21,23-24,34,54,58H,6-14,16,19,22,25-33,35-53H2,1-5H3/b17-15-,20-18-,24-23-,34-21-. The van der Waals surface area contributed by atoms with Gasteiger partial charge in [0.25, 0.3) is 0 Å². The van der Waals surface area contributed by atoms with Gasteiger partial charge in [0.05, 0.1) is 40.3 Å². The smallest absolute Gasteiger partial charge is 0.306 e. The Kier molecular flexibility index (Phi) is 47.6. The summed E-state index contributed by atoms with van der Waals surface area (Å²) in [7, 11) is 5.91. The van der Waals surface area contributed by atoms with Crippen molar-refractivity contribution < 1.29 is 42.9 Å². The summed E-state index contributed by atoms with van der Waals surface area (Å²) in [5.41, 5.74) is 0. The van der Waals surface area contributed by atoms with Gasteiger partial charge in [0.2, 0.25) is 0 Å². The molecule has 2 atom stereocenters. The number of allylic oxidation sites excluding steroid dienone is 8. The van der Waals surface area contributed by atoms with E-state index >= 15 is 0 Å². The van der Waals surface area contributed by atoms with Crippen molar-refractivity contribution in [1.82, 2.24) is 0 Å². The fourth-order valence-electron chi connectivity index (χ4n) is 7.71. The van der Waals surface area contributed by atoms with Crippen LogP contribution in [0.1, 0.15) is 245 Å². The number of quaternary nitrogens is 1. The SMILES string of the molecule is CCCCC/C=C\C/C=C\CCCCCCCC(=O)OCC(COC(OCC[N+](C)(C)C)C(=O)[O-])OC(=O)CCCCCCCCCCCCCCCCC/C=C\C/C=C\CCCCCCC. The summed E-state index contributed by atoms with van der Waals surface area (Å²) in [5, 5.41) is 11.7. The Bertz CT molecular complexity index is 1240. The number of likely N-dealkylation sites (N-methyl/N-ethyl adjacent to an activating group) is 1. The fraction of sp³-hybridized carbons (Fsp3) is 0.810. The Labute approximate surface area is 412 Å². The summed E-state index contributed by atoms with van der Waals surface area (Å²) in [6.45, 7) is 4.71. The van der Waals surface area contributed by atoms with Gasteiger partial charge in [-0.3, -0.25) is 9.59 Å². The van der Waals surface area contributed by atoms with E-state index in [1.54, 1.807) is 0 Å². The second-order valence-electron chi connectivity index (χ2n) is 19.9. The van der Waals surface area contributed by atoms with Crippen molar-refractivity contribution >= 4 is 17.9 Å². The summed E-state index contributed by atoms with van der Waals surface area (Å²) in [6, 6.07) is 0. The molecule has 0 spiro atoms. The number of carboxylic acids is 1. The van der Waals surface area contributed by atoms with Crippen molar-refractivity contribution in [2.24, 2.45) is 0 Å². The van der Waals surface area contributed by atoms with Gasteiger partial charge in [0, 0.05) is 12.8 Å². The third-order valence-electron chi connectivity index (χ3n) is 12.0. The predicted octanol–water partition coefficient (Wildman–Crippen LogP) is 14.6. The minimum Gasteiger partial charge on any atom is -0.545 e. The largest absolute Gasteiger partial charge is 0.545 e. The highest BCUT2D eigenvalue weighted by Crippen LogP contribution is 2.16. The van der Waals surface area contributed by atoms with Crippen molar-refractivity contribution in [3.63, 3.8) is 0 Å². The number of aliphatic carboxylic acids is 1. The van der Waals surface area contributed by atoms with Crippen molar-refractivity contribution in [3.05, 3.63) is 48.6 Å². The maximum atomic E-state index is 12.8. The van der Waals surface area contributed by atoms with Gasteiger partial charge < -0.3 is 33.3 Å². The van der Waals surface area contributed by atoms with Gasteiger partial charge in [-0.2, -0.15) is 0 Å². The molecule has 0 aromatic rings. The Balaban J connectivity index is 4.22. The van der Waals surface area contributed by atoms with E-state index in [2.05, 4.69) is 62.5 Å². The molecule has 0 aliphatic rings. The average molecular weight is 944 g/mol. The highest BCUT2D eigenvalue weighted by molar-refractivity contribution is 5.70. The lowest BCUT2D eigenvalue weighted by molar-refractivity contribution is -0.870. The number of carboxylic acid groups (broad SMARTS) is 1. The van der Waals surface area contributed by atoms with E-state index in [-0.39, 0.29) is 38.6 Å². The molecule has 0 bridgehead atoms. The molecule has 0 aromatic carbocycles. The van der Waals surface area contributed by atoms with Crippen LogP contribution in [0, 0.1) is 0 Å². The second-order valence-corrected chi connectivity index (χ2v) is 19.9. The van der Waals surface area contributed by atoms with Crippen LogP contribution in [0.4, 0.5) is 0 Å². The van der Waals surface area contributed by atoms with E-state index in [1.165, 1.54) is 148 Å². The molecular formula is C58H105NO8. The molecule has 0 saturated heterocycles. The number of esters is 2. The van der Waals surface area contributed by atoms with E-state index in [0.717, 1.165) is 64.2 Å². The van der Waals surface area contributed by atoms with Crippen molar-refractivity contribution in [1.29, 1.82) is 0 Å². The number of rotatable bonds is 51. The van der Waals surface area contributed by atoms with Crippen LogP contribution in [-0.4, -0.2) is 82.3 Å². The van der Waals surface area contributed by atoms with Crippen molar-refractivity contribution in [3.8, 4) is 0 Å². The second kappa shape index (κ2) is 49.7. The van der Waals surface area contributed by atoms with E-state index in [1.807, 2.05) is 21.1 Å². The summed E-state index contributed by atoms with van der Waals surface area (Å²) in [4.78, 5) is 37.2. The molecule has 0 aliphatic carbocycles. The first-order valence-electron chi connectivity index (χ1n) is 27.8. The molecule has 0 fully saturated rings. The summed E-state index contributed by atoms with van der Waals surface area (Å²) >= 11 is 0. The number of hydrogen-bond acceptors (Lipinski definition) is 8. The summed E-state index contributed by atoms with van der Waals surface area (Å²) in [6.07, 6.45) is 57.3. The number of unbranched alkanes of at least 4 members (excludes halogenated alkanes) is 28. The summed E-state index contributed by atoms with van der Waals surface area (Å²) in [5.74, 6) is -2.30. The molecule has 67 heavy (non-hydrogen) atoms. The monoisotopic (exact) mass is 944 g/mol. The molecule has 0 radical (unpaired) electrons. The zero-order valence-electron chi connectivity index (χ0n) is 44.3. The zero-order chi connectivity index (χ0) is 49.2. The van der Waals surface area contributed by atoms with Gasteiger partial charge in [-0.25, -0.2) is 0 Å². The van der Waals surface area contributed by atoms with Crippen LogP contribution >= 0.6 is 0 Å². The minimum absolute atomic E-state index is 0.145. The number of nitrogens with zero attached hydrogens (tertiary/aromatic N) is 1. The first-order chi connectivity index (χ1) is 32.6. The molecule has 0 aromatic heterocycles. The first kappa shape index (κ1) is 64.2. The van der Waals surface area contributed by atoms with Gasteiger partial charge in [-0.1, -0.05) is 204 Å². The van der Waals surface area contributed by atoms with Crippen LogP contribution in [-0.2, 0) is 33.3 Å². The van der Waals surface area contributed by atoms with Crippen LogP contribution in [0.25, 0.3) is 0 Å². The van der Waals surface area contributed by atoms with E-state index in [9.17, 15) is 19.5 Å². The zero-order valence-corrected chi connectivity index (χ0v) is 44.3. The lowest BCUT2D eigenvalue weighted by Gasteiger charge is -2.26. The van der Waals surface area contributed by atoms with E-state index < -0.39 is 24.3 Å². The van der Waals surface area contributed by atoms with Gasteiger partial charge in [0.15, 0.2) is 12.4 Å². The topological polar surface area (TPSA) is 111 Å². The summed E-state index contributed by atoms with van der Waals surface area (Å²) < 4.78 is 22.6. The Morgan fingerprint density at radius 1 is 0.448 bits per heavy atom. The van der Waals surface area contributed by atoms with Gasteiger partial charge in [-0.05, 0) is 77.0 Å². The van der Waals surface area contributed by atoms with Crippen molar-refractivity contribution in [2.75, 3.05) is 47.5 Å². The molecule has 0 aliphatic heterocycles. The molecule has 0 rings (SSSR count). The van der Waals surface area contributed by atoms with Crippen LogP contribution in [0.2, 0.25) is 0 Å². The fourth-order valence-corrected chi connectivity index (χ4v) is 7.71. The number of ether oxygens (including phenoxy) is 4. The quantitative estimate of drug-likeness (QED) is 0.0195. The predicted molar refractivity (Wildman–Crippen MR) is 279 cm³/mol. The third kappa shape index (κ3) is 50.9. The minimum atomic E-state index is -1.62. The highest BCUT2D eigenvalue weighted by atomic mass is 16.7. The third-order valence-corrected chi connectivity index (χ3v) is 12.0. The van der Waals surface area contributed by atoms with E-state index in [0.29, 0.717) is 17.4 Å². The Hall–Kier alpha value is -2.75. The average Bonchev–Trinajstić information content (AvgIpc) is 3.29. The number of carbonyl (C=O) groups excluding carboxylic acids is 3. The number of hydrogen-bond donors (Lipinski definition) is 0. The van der Waals surface area contributed by atoms with Crippen LogP contribution in [0.3, 0.4) is 0 Å². The van der Waals surface area contributed by atoms with Crippen LogP contribution in [0.5, 0.6) is 0 Å². The molecule has 2 unspecified atom stereocenters. The lowest BCUT2D eigenvalue weighted by Crippen LogP contribution is -2.44. The molecule has 0 heterocycles. The van der Waals surface area contributed by atoms with Crippen LogP contribution < -0.4 is 5.11 Å². The molecule has 9 nitrogen and oxygen atoms in total. The molecule has 0 amide bonds. The molecule has 0 saturated carbocycles. The molecule has 0 N–H and O–H groups in total. The normalized spacial score (nSPS) is 13.1. The Morgan fingerprint density at radius 3 is 1.21 bits per heavy atom. The lowest BCUT2D eigenvalue weighted by atomic mass is 10.0.